The van der Waals surface area contributed by atoms with Gasteiger partial charge in [0.2, 0.25) is 0 Å². The number of sulfonamides is 1. The number of anilines is 2. The number of methoxy groups -OCH3 is 3. The average molecular weight is 693 g/mol. The van der Waals surface area contributed by atoms with Gasteiger partial charge in [-0.3, -0.25) is 4.90 Å². The molecular formula is C36H41FN4O5S2. The van der Waals surface area contributed by atoms with Gasteiger partial charge in [-0.05, 0) is 85.7 Å². The van der Waals surface area contributed by atoms with Gasteiger partial charge in [0.1, 0.15) is 28.0 Å². The van der Waals surface area contributed by atoms with Gasteiger partial charge >= 0.3 is 0 Å². The Morgan fingerprint density at radius 2 is 1.88 bits per heavy atom. The average Bonchev–Trinajstić information content (AvgIpc) is 3.84. The molecule has 2 atom stereocenters. The van der Waals surface area contributed by atoms with Crippen LogP contribution in [0.3, 0.4) is 0 Å². The molecule has 0 unspecified atom stereocenters. The van der Waals surface area contributed by atoms with E-state index in [1.807, 2.05) is 12.1 Å². The summed E-state index contributed by atoms with van der Waals surface area (Å²) in [6, 6.07) is 16.0. The van der Waals surface area contributed by atoms with Crippen molar-refractivity contribution in [1.29, 1.82) is 0 Å². The van der Waals surface area contributed by atoms with Gasteiger partial charge in [-0.25, -0.2) is 22.1 Å². The first-order valence-electron chi connectivity index (χ1n) is 15.9. The number of nitrogens with one attached hydrogen (secondary N) is 1. The molecule has 6 rings (SSSR count). The zero-order chi connectivity index (χ0) is 33.9. The predicted octanol–water partition coefficient (Wildman–Crippen LogP) is 6.86. The lowest BCUT2D eigenvalue weighted by molar-refractivity contribution is 0.209. The molecule has 0 saturated carbocycles. The molecule has 2 aliphatic heterocycles. The molecule has 4 aromatic rings. The lowest BCUT2D eigenvalue weighted by atomic mass is 9.87. The van der Waals surface area contributed by atoms with Crippen LogP contribution in [0.2, 0.25) is 0 Å². The van der Waals surface area contributed by atoms with E-state index in [1.165, 1.54) is 38.1 Å². The van der Waals surface area contributed by atoms with Crippen LogP contribution in [0, 0.1) is 11.7 Å². The maximum absolute atomic E-state index is 16.0. The highest BCUT2D eigenvalue weighted by atomic mass is 32.2. The molecule has 3 heterocycles. The smallest absolute Gasteiger partial charge is 0.269 e. The minimum absolute atomic E-state index is 0.0458. The fraction of sp³-hybridized carbons (Fsp3) is 0.361. The second-order valence-electron chi connectivity index (χ2n) is 12.3. The summed E-state index contributed by atoms with van der Waals surface area (Å²) in [5.74, 6) is 1.51. The van der Waals surface area contributed by atoms with Crippen LogP contribution < -0.4 is 23.8 Å². The highest BCUT2D eigenvalue weighted by Gasteiger charge is 2.48. The molecule has 48 heavy (non-hydrogen) atoms. The first kappa shape index (κ1) is 33.8. The fourth-order valence-electron chi connectivity index (χ4n) is 7.13. The summed E-state index contributed by atoms with van der Waals surface area (Å²) in [6.07, 6.45) is 7.26. The molecule has 0 radical (unpaired) electrons. The minimum Gasteiger partial charge on any atom is -0.497 e. The van der Waals surface area contributed by atoms with Gasteiger partial charge in [0, 0.05) is 47.5 Å². The molecule has 2 aliphatic rings. The summed E-state index contributed by atoms with van der Waals surface area (Å²) >= 11 is 1.15. The molecule has 9 nitrogen and oxygen atoms in total. The number of nitrogens with zero attached hydrogens (tertiary/aromatic N) is 3. The maximum Gasteiger partial charge on any atom is 0.269 e. The Morgan fingerprint density at radius 1 is 1.10 bits per heavy atom. The maximum atomic E-state index is 16.0. The van der Waals surface area contributed by atoms with Crippen molar-refractivity contribution >= 4 is 38.3 Å². The van der Waals surface area contributed by atoms with Gasteiger partial charge in [0.25, 0.3) is 10.0 Å². The molecule has 0 bridgehead atoms. The van der Waals surface area contributed by atoms with E-state index in [9.17, 15) is 8.42 Å². The van der Waals surface area contributed by atoms with Crippen molar-refractivity contribution in [2.75, 3.05) is 50.6 Å². The number of ether oxygens (including phenoxy) is 3. The molecule has 2 fully saturated rings. The van der Waals surface area contributed by atoms with E-state index in [0.29, 0.717) is 40.8 Å². The van der Waals surface area contributed by atoms with E-state index in [2.05, 4.69) is 33.9 Å². The number of halogens is 1. The van der Waals surface area contributed by atoms with E-state index in [-0.39, 0.29) is 17.2 Å². The molecule has 1 aromatic heterocycles. The van der Waals surface area contributed by atoms with Crippen molar-refractivity contribution in [1.82, 2.24) is 9.88 Å². The number of hydrogen-bond donors (Lipinski definition) is 1. The topological polar surface area (TPSA) is 93.2 Å². The van der Waals surface area contributed by atoms with Crippen LogP contribution in [0.4, 0.5) is 15.2 Å². The predicted molar refractivity (Wildman–Crippen MR) is 188 cm³/mol. The number of thiazole rings is 1. The Labute approximate surface area is 286 Å². The van der Waals surface area contributed by atoms with Crippen molar-refractivity contribution in [3.8, 4) is 17.2 Å². The van der Waals surface area contributed by atoms with Gasteiger partial charge in [0.15, 0.2) is 5.13 Å². The first-order chi connectivity index (χ1) is 23.2. The third-order valence-corrected chi connectivity index (χ3v) is 12.2. The quantitative estimate of drug-likeness (QED) is 0.153. The van der Waals surface area contributed by atoms with E-state index < -0.39 is 20.7 Å². The lowest BCUT2D eigenvalue weighted by Crippen LogP contribution is -2.44. The van der Waals surface area contributed by atoms with E-state index >= 15 is 4.39 Å². The SMILES string of the molecule is C=Cc1cc(S(=O)(=O)N(Cc2ccc(OC)cc2OC)c2nccs2)c(F)cc1NC[C@@]12CCCN1C[C@@H](Cc1ccc(OC)cc1)C2. The van der Waals surface area contributed by atoms with Crippen LogP contribution in [0.5, 0.6) is 17.2 Å². The Balaban J connectivity index is 1.23. The van der Waals surface area contributed by atoms with Gasteiger partial charge in [-0.1, -0.05) is 24.8 Å². The first-order valence-corrected chi connectivity index (χ1v) is 18.2. The van der Waals surface area contributed by atoms with Crippen LogP contribution in [0.15, 0.2) is 77.6 Å². The van der Waals surface area contributed by atoms with Gasteiger partial charge in [0.05, 0.1) is 27.9 Å². The second-order valence-corrected chi connectivity index (χ2v) is 15.0. The molecule has 0 amide bonds. The van der Waals surface area contributed by atoms with Crippen LogP contribution in [0.1, 0.15) is 36.0 Å². The zero-order valence-electron chi connectivity index (χ0n) is 27.4. The third-order valence-electron chi connectivity index (χ3n) is 9.51. The van der Waals surface area contributed by atoms with Gasteiger partial charge < -0.3 is 19.5 Å². The van der Waals surface area contributed by atoms with Crippen molar-refractivity contribution in [3.05, 3.63) is 95.3 Å². The number of hydrogen-bond acceptors (Lipinski definition) is 9. The summed E-state index contributed by atoms with van der Waals surface area (Å²) in [6.45, 7) is 6.48. The molecule has 12 heteroatoms. The molecule has 254 valence electrons. The largest absolute Gasteiger partial charge is 0.497 e. The van der Waals surface area contributed by atoms with Crippen LogP contribution in [-0.4, -0.2) is 64.8 Å². The van der Waals surface area contributed by atoms with Gasteiger partial charge in [-0.2, -0.15) is 0 Å². The molecule has 0 aliphatic carbocycles. The summed E-state index contributed by atoms with van der Waals surface area (Å²) in [5.41, 5.74) is 2.83. The lowest BCUT2D eigenvalue weighted by Gasteiger charge is -2.33. The summed E-state index contributed by atoms with van der Waals surface area (Å²) < 4.78 is 61.7. The van der Waals surface area contributed by atoms with E-state index in [4.69, 9.17) is 14.2 Å². The number of rotatable bonds is 14. The van der Waals surface area contributed by atoms with Crippen molar-refractivity contribution in [2.45, 2.75) is 42.7 Å². The van der Waals surface area contributed by atoms with Gasteiger partial charge in [-0.15, -0.1) is 11.3 Å². The Bertz CT molecular complexity index is 1850. The molecule has 1 N–H and O–H groups in total. The molecule has 0 spiro atoms. The van der Waals surface area contributed by atoms with E-state index in [1.54, 1.807) is 36.8 Å². The molecule has 2 saturated heterocycles. The monoisotopic (exact) mass is 692 g/mol. The highest BCUT2D eigenvalue weighted by Crippen LogP contribution is 2.43. The summed E-state index contributed by atoms with van der Waals surface area (Å²) in [5, 5.41) is 5.38. The van der Waals surface area contributed by atoms with Crippen LogP contribution in [0.25, 0.3) is 6.08 Å². The number of aromatic nitrogens is 1. The fourth-order valence-corrected chi connectivity index (χ4v) is 9.48. The van der Waals surface area contributed by atoms with Crippen LogP contribution >= 0.6 is 11.3 Å². The Hall–Kier alpha value is -4.13. The molecular weight excluding hydrogens is 652 g/mol. The van der Waals surface area contributed by atoms with Crippen molar-refractivity contribution in [3.63, 3.8) is 0 Å². The minimum atomic E-state index is -4.40. The number of fused-ring (bicyclic) bond motifs is 1. The zero-order valence-corrected chi connectivity index (χ0v) is 29.1. The summed E-state index contributed by atoms with van der Waals surface area (Å²) in [4.78, 5) is 6.38. The third kappa shape index (κ3) is 6.74. The van der Waals surface area contributed by atoms with Crippen molar-refractivity contribution in [2.24, 2.45) is 5.92 Å². The van der Waals surface area contributed by atoms with Crippen molar-refractivity contribution < 1.29 is 27.0 Å². The normalized spacial score (nSPS) is 19.1. The van der Waals surface area contributed by atoms with E-state index in [0.717, 1.165) is 60.2 Å². The Morgan fingerprint density at radius 3 is 2.56 bits per heavy atom. The standard InChI is InChI=1S/C36H41FN4O5S2/c1-5-27-18-34(48(42,43)41(35-38-14-16-47-35)23-28-9-12-30(45-3)19-33(28)46-4)31(37)20-32(27)39-24-36-13-6-15-40(36)22-26(21-36)17-25-7-10-29(44-2)11-8-25/h5,7-12,14,16,18-20,26,39H,1,6,13,15,17,21-24H2,2-4H3/t26-,36-/m0/s1. The summed E-state index contributed by atoms with van der Waals surface area (Å²) in [7, 11) is 0.308. The van der Waals surface area contributed by atoms with Crippen LogP contribution in [-0.2, 0) is 23.0 Å². The highest BCUT2D eigenvalue weighted by molar-refractivity contribution is 7.93. The number of benzene rings is 3. The second kappa shape index (κ2) is 14.2. The Kier molecular flexibility index (Phi) is 9.95. The molecule has 3 aromatic carbocycles.